The predicted octanol–water partition coefficient (Wildman–Crippen LogP) is 2.31. The van der Waals surface area contributed by atoms with Crippen LogP contribution >= 0.6 is 11.6 Å². The molecule has 2 aromatic rings. The molecule has 1 aliphatic carbocycles. The zero-order valence-corrected chi connectivity index (χ0v) is 16.4. The Morgan fingerprint density at radius 1 is 1.40 bits per heavy atom. The summed E-state index contributed by atoms with van der Waals surface area (Å²) in [6.45, 7) is 2.15. The van der Waals surface area contributed by atoms with Gasteiger partial charge in [-0.15, -0.1) is 0 Å². The molecular weight excluding hydrogens is 424 g/mol. The smallest absolute Gasteiger partial charge is 0.449 e. The molecule has 160 valence electrons. The predicted molar refractivity (Wildman–Crippen MR) is 104 cm³/mol. The average molecular weight is 442 g/mol. The van der Waals surface area contributed by atoms with Crippen molar-refractivity contribution in [2.75, 3.05) is 31.1 Å². The molecule has 1 aromatic heterocycles. The van der Waals surface area contributed by atoms with E-state index in [0.29, 0.717) is 26.2 Å². The van der Waals surface area contributed by atoms with Crippen LogP contribution in [0, 0.1) is 5.82 Å². The van der Waals surface area contributed by atoms with Crippen LogP contribution < -0.4 is 20.4 Å². The first-order valence-corrected chi connectivity index (χ1v) is 9.94. The molecule has 0 amide bonds. The quantitative estimate of drug-likeness (QED) is 0.706. The molecule has 30 heavy (non-hydrogen) atoms. The summed E-state index contributed by atoms with van der Waals surface area (Å²) in [5, 5.41) is 12.0. The monoisotopic (exact) mass is 441 g/mol. The van der Waals surface area contributed by atoms with Gasteiger partial charge in [0.1, 0.15) is 12.0 Å². The van der Waals surface area contributed by atoms with Crippen LogP contribution in [0.4, 0.5) is 19.3 Å². The van der Waals surface area contributed by atoms with Gasteiger partial charge in [-0.3, -0.25) is 4.79 Å². The van der Waals surface area contributed by atoms with Crippen LogP contribution in [-0.2, 0) is 4.74 Å². The van der Waals surface area contributed by atoms with Gasteiger partial charge in [-0.1, -0.05) is 11.6 Å². The first kappa shape index (κ1) is 19.5. The molecular formula is C19H18ClF2N3O5. The van der Waals surface area contributed by atoms with E-state index in [2.05, 4.69) is 10.1 Å². The van der Waals surface area contributed by atoms with Crippen molar-refractivity contribution < 1.29 is 28.2 Å². The van der Waals surface area contributed by atoms with Crippen LogP contribution in [0.5, 0.6) is 5.75 Å². The van der Waals surface area contributed by atoms with Crippen LogP contribution in [0.1, 0.15) is 12.5 Å². The normalized spacial score (nSPS) is 27.9. The van der Waals surface area contributed by atoms with E-state index in [-0.39, 0.29) is 40.2 Å². The number of fused-ring (bicyclic) bond motifs is 2. The largest absolute Gasteiger partial charge is 0.511 e. The third-order valence-corrected chi connectivity index (χ3v) is 6.17. The first-order chi connectivity index (χ1) is 14.3. The number of aromatic nitrogens is 1. The standard InChI is InChI=1S/C19H18ClF2N3O5/c20-15-16-8(18(26)14(30-19(27)28)7-25(16)12-4-9(12)21)3-10(22)17(15)24-5-11-13(6-24)29-2-1-23-11/h3,7,9,11-13,23H,1-2,4-6H2,(H,27,28)/t9-,11+,12+,13+/m0/s1. The van der Waals surface area contributed by atoms with Gasteiger partial charge in [-0.25, -0.2) is 13.6 Å². The number of alkyl halides is 1. The van der Waals surface area contributed by atoms with E-state index in [9.17, 15) is 14.0 Å². The van der Waals surface area contributed by atoms with Gasteiger partial charge in [0, 0.05) is 26.1 Å². The highest BCUT2D eigenvalue weighted by Gasteiger charge is 2.42. The van der Waals surface area contributed by atoms with Gasteiger partial charge in [0.25, 0.3) is 0 Å². The second kappa shape index (κ2) is 7.07. The van der Waals surface area contributed by atoms with Crippen LogP contribution in [0.15, 0.2) is 17.1 Å². The molecule has 0 spiro atoms. The molecule has 2 aliphatic heterocycles. The fourth-order valence-corrected chi connectivity index (χ4v) is 4.75. The maximum absolute atomic E-state index is 15.1. The van der Waals surface area contributed by atoms with Gasteiger partial charge >= 0.3 is 6.16 Å². The van der Waals surface area contributed by atoms with Gasteiger partial charge in [-0.2, -0.15) is 0 Å². The van der Waals surface area contributed by atoms with E-state index in [1.807, 2.05) is 0 Å². The molecule has 11 heteroatoms. The number of benzene rings is 1. The van der Waals surface area contributed by atoms with Gasteiger partial charge in [0.15, 0.2) is 5.75 Å². The molecule has 0 unspecified atom stereocenters. The van der Waals surface area contributed by atoms with Crippen LogP contribution in [-0.4, -0.2) is 60.4 Å². The lowest BCUT2D eigenvalue weighted by Crippen LogP contribution is -2.47. The number of morpholine rings is 1. The topological polar surface area (TPSA) is 93.0 Å². The molecule has 3 fully saturated rings. The first-order valence-electron chi connectivity index (χ1n) is 9.56. The lowest BCUT2D eigenvalue weighted by molar-refractivity contribution is 0.0212. The number of hydrogen-bond donors (Lipinski definition) is 2. The number of ether oxygens (including phenoxy) is 2. The van der Waals surface area contributed by atoms with Crippen molar-refractivity contribution in [3.05, 3.63) is 33.3 Å². The summed E-state index contributed by atoms with van der Waals surface area (Å²) < 4.78 is 40.7. The highest BCUT2D eigenvalue weighted by Crippen LogP contribution is 2.45. The number of rotatable bonds is 3. The molecule has 4 atom stereocenters. The number of nitrogens with zero attached hydrogens (tertiary/aromatic N) is 2. The summed E-state index contributed by atoms with van der Waals surface area (Å²) >= 11 is 6.60. The number of halogens is 3. The minimum Gasteiger partial charge on any atom is -0.449 e. The van der Waals surface area contributed by atoms with Crippen molar-refractivity contribution in [1.82, 2.24) is 9.88 Å². The van der Waals surface area contributed by atoms with Crippen molar-refractivity contribution in [2.24, 2.45) is 0 Å². The second-order valence-corrected chi connectivity index (χ2v) is 8.09. The fourth-order valence-electron chi connectivity index (χ4n) is 4.34. The summed E-state index contributed by atoms with van der Waals surface area (Å²) in [4.78, 5) is 25.4. The SMILES string of the molecule is O=C(O)Oc1cn([C@@H]2C[C@@H]2F)c2c(Cl)c(N3C[C@H]4NCCO[C@@H]4C3)c(F)cc2c1=O. The van der Waals surface area contributed by atoms with E-state index in [1.165, 1.54) is 4.57 Å². The molecule has 2 N–H and O–H groups in total. The highest BCUT2D eigenvalue weighted by molar-refractivity contribution is 6.38. The maximum atomic E-state index is 15.1. The van der Waals surface area contributed by atoms with Gasteiger partial charge in [-0.05, 0) is 6.07 Å². The Labute approximate surface area is 173 Å². The van der Waals surface area contributed by atoms with E-state index in [0.717, 1.165) is 12.3 Å². The zero-order chi connectivity index (χ0) is 21.2. The van der Waals surface area contributed by atoms with Crippen LogP contribution in [0.3, 0.4) is 0 Å². The summed E-state index contributed by atoms with van der Waals surface area (Å²) in [6, 6.07) is 0.402. The van der Waals surface area contributed by atoms with Crippen molar-refractivity contribution in [3.63, 3.8) is 0 Å². The molecule has 3 aliphatic rings. The molecule has 5 rings (SSSR count). The lowest BCUT2D eigenvalue weighted by atomic mass is 10.1. The molecule has 1 saturated carbocycles. The van der Waals surface area contributed by atoms with Gasteiger partial charge < -0.3 is 29.4 Å². The third-order valence-electron chi connectivity index (χ3n) is 5.81. The molecule has 3 heterocycles. The number of hydrogen-bond acceptors (Lipinski definition) is 6. The Kier molecular flexibility index (Phi) is 4.60. The molecule has 2 saturated heterocycles. The Morgan fingerprint density at radius 2 is 2.17 bits per heavy atom. The van der Waals surface area contributed by atoms with Crippen LogP contribution in [0.25, 0.3) is 10.9 Å². The van der Waals surface area contributed by atoms with Gasteiger partial charge in [0.05, 0.1) is 52.6 Å². The summed E-state index contributed by atoms with van der Waals surface area (Å²) in [6.07, 6.45) is -1.67. The van der Waals surface area contributed by atoms with E-state index in [4.69, 9.17) is 21.4 Å². The molecule has 8 nitrogen and oxygen atoms in total. The summed E-state index contributed by atoms with van der Waals surface area (Å²) in [5.74, 6) is -1.25. The lowest BCUT2D eigenvalue weighted by Gasteiger charge is -2.25. The minimum absolute atomic E-state index is 0.0251. The number of nitrogens with one attached hydrogen (secondary N) is 1. The van der Waals surface area contributed by atoms with Crippen molar-refractivity contribution in [3.8, 4) is 5.75 Å². The number of carbonyl (C=O) groups is 1. The fraction of sp³-hybridized carbons (Fsp3) is 0.474. The average Bonchev–Trinajstić information content (AvgIpc) is 3.26. The zero-order valence-electron chi connectivity index (χ0n) is 15.6. The highest BCUT2D eigenvalue weighted by atomic mass is 35.5. The summed E-state index contributed by atoms with van der Waals surface area (Å²) in [5.41, 5.74) is -0.558. The van der Waals surface area contributed by atoms with Crippen LogP contribution in [0.2, 0.25) is 5.02 Å². The maximum Gasteiger partial charge on any atom is 0.511 e. The third kappa shape index (κ3) is 3.10. The van der Waals surface area contributed by atoms with E-state index >= 15 is 4.39 Å². The second-order valence-electron chi connectivity index (χ2n) is 7.71. The van der Waals surface area contributed by atoms with E-state index < -0.39 is 35.4 Å². The number of pyridine rings is 1. The van der Waals surface area contributed by atoms with E-state index in [1.54, 1.807) is 4.90 Å². The Hall–Kier alpha value is -2.43. The van der Waals surface area contributed by atoms with Gasteiger partial charge in [0.2, 0.25) is 5.43 Å². The van der Waals surface area contributed by atoms with Crippen molar-refractivity contribution in [1.29, 1.82) is 0 Å². The number of carboxylic acid groups (broad SMARTS) is 1. The Bertz CT molecular complexity index is 1100. The Balaban J connectivity index is 1.67. The Morgan fingerprint density at radius 3 is 2.83 bits per heavy atom. The number of anilines is 1. The van der Waals surface area contributed by atoms with Crippen molar-refractivity contribution >= 4 is 34.3 Å². The summed E-state index contributed by atoms with van der Waals surface area (Å²) in [7, 11) is 0. The molecule has 0 radical (unpaired) electrons. The van der Waals surface area contributed by atoms with Crippen molar-refractivity contribution in [2.45, 2.75) is 30.8 Å². The molecule has 1 aromatic carbocycles. The molecule has 0 bridgehead atoms. The minimum atomic E-state index is -1.69.